The van der Waals surface area contributed by atoms with Crippen LogP contribution in [0.5, 0.6) is 11.5 Å². The van der Waals surface area contributed by atoms with Crippen LogP contribution >= 0.6 is 11.6 Å². The molecule has 1 N–H and O–H groups in total. The first kappa shape index (κ1) is 12.5. The summed E-state index contributed by atoms with van der Waals surface area (Å²) in [5.41, 5.74) is 0. The highest BCUT2D eigenvalue weighted by Crippen LogP contribution is 2.22. The van der Waals surface area contributed by atoms with E-state index in [4.69, 9.17) is 16.3 Å². The molecule has 100 valence electrons. The number of hydrogen-bond donors (Lipinski definition) is 1. The summed E-state index contributed by atoms with van der Waals surface area (Å²) in [4.78, 5) is 0. The van der Waals surface area contributed by atoms with Crippen LogP contribution in [0.1, 0.15) is 12.8 Å². The van der Waals surface area contributed by atoms with Crippen LogP contribution in [0.25, 0.3) is 0 Å². The Labute approximate surface area is 117 Å². The van der Waals surface area contributed by atoms with Crippen LogP contribution in [-0.2, 0) is 6.54 Å². The fourth-order valence-electron chi connectivity index (χ4n) is 2.27. The minimum absolute atomic E-state index is 0.531. The van der Waals surface area contributed by atoms with Crippen molar-refractivity contribution in [2.75, 3.05) is 6.54 Å². The topological polar surface area (TPSA) is 39.1 Å². The van der Waals surface area contributed by atoms with Crippen LogP contribution in [0, 0.1) is 0 Å². The van der Waals surface area contributed by atoms with Crippen LogP contribution in [0.15, 0.2) is 36.7 Å². The van der Waals surface area contributed by atoms with Crippen LogP contribution in [0.3, 0.4) is 0 Å². The third-order valence-electron chi connectivity index (χ3n) is 3.23. The van der Waals surface area contributed by atoms with Crippen molar-refractivity contribution >= 4 is 11.6 Å². The van der Waals surface area contributed by atoms with Gasteiger partial charge in [-0.15, -0.1) is 0 Å². The monoisotopic (exact) mass is 277 g/mol. The van der Waals surface area contributed by atoms with Crippen LogP contribution < -0.4 is 10.1 Å². The second kappa shape index (κ2) is 5.63. The van der Waals surface area contributed by atoms with Crippen molar-refractivity contribution in [1.29, 1.82) is 0 Å². The van der Waals surface area contributed by atoms with Gasteiger partial charge in [0.05, 0.1) is 18.9 Å². The van der Waals surface area contributed by atoms with Gasteiger partial charge >= 0.3 is 0 Å². The van der Waals surface area contributed by atoms with E-state index in [-0.39, 0.29) is 0 Å². The molecule has 1 aromatic heterocycles. The zero-order valence-electron chi connectivity index (χ0n) is 10.6. The molecule has 2 aromatic rings. The summed E-state index contributed by atoms with van der Waals surface area (Å²) in [6, 6.07) is 7.84. The quantitative estimate of drug-likeness (QED) is 0.933. The Morgan fingerprint density at radius 1 is 1.32 bits per heavy atom. The second-order valence-electron chi connectivity index (χ2n) is 4.75. The Morgan fingerprint density at radius 2 is 2.16 bits per heavy atom. The summed E-state index contributed by atoms with van der Waals surface area (Å²) in [6.45, 7) is 2.00. The maximum Gasteiger partial charge on any atom is 0.165 e. The van der Waals surface area contributed by atoms with Gasteiger partial charge in [-0.1, -0.05) is 11.6 Å². The highest BCUT2D eigenvalue weighted by Gasteiger charge is 2.14. The number of aromatic nitrogens is 2. The average molecular weight is 278 g/mol. The SMILES string of the molecule is Clc1ccc(Oc2cnn(CC3CCCN3)c2)cc1. The van der Waals surface area contributed by atoms with Gasteiger partial charge in [-0.25, -0.2) is 0 Å². The molecule has 1 saturated heterocycles. The van der Waals surface area contributed by atoms with Crippen LogP contribution in [-0.4, -0.2) is 22.4 Å². The normalized spacial score (nSPS) is 18.7. The molecule has 1 fully saturated rings. The minimum Gasteiger partial charge on any atom is -0.454 e. The molecular formula is C14H16ClN3O. The Balaban J connectivity index is 1.62. The minimum atomic E-state index is 0.531. The van der Waals surface area contributed by atoms with E-state index in [1.165, 1.54) is 12.8 Å². The first-order chi connectivity index (χ1) is 9.29. The molecule has 3 rings (SSSR count). The Kier molecular flexibility index (Phi) is 3.71. The summed E-state index contributed by atoms with van der Waals surface area (Å²) in [5, 5.41) is 8.48. The van der Waals surface area contributed by atoms with Gasteiger partial charge in [0, 0.05) is 11.1 Å². The number of hydrogen-bond acceptors (Lipinski definition) is 3. The molecule has 5 heteroatoms. The van der Waals surface area contributed by atoms with E-state index in [2.05, 4.69) is 10.4 Å². The summed E-state index contributed by atoms with van der Waals surface area (Å²) in [6.07, 6.45) is 6.13. The number of nitrogens with zero attached hydrogens (tertiary/aromatic N) is 2. The lowest BCUT2D eigenvalue weighted by Crippen LogP contribution is -2.26. The van der Waals surface area contributed by atoms with Gasteiger partial charge < -0.3 is 10.1 Å². The predicted molar refractivity (Wildman–Crippen MR) is 74.8 cm³/mol. The highest BCUT2D eigenvalue weighted by atomic mass is 35.5. The zero-order chi connectivity index (χ0) is 13.1. The fourth-order valence-corrected chi connectivity index (χ4v) is 2.40. The maximum absolute atomic E-state index is 5.83. The molecule has 0 amide bonds. The van der Waals surface area contributed by atoms with E-state index in [0.29, 0.717) is 11.1 Å². The van der Waals surface area contributed by atoms with Crippen molar-refractivity contribution in [1.82, 2.24) is 15.1 Å². The maximum atomic E-state index is 5.83. The van der Waals surface area contributed by atoms with Crippen molar-refractivity contribution in [2.45, 2.75) is 25.4 Å². The molecule has 0 bridgehead atoms. The Hall–Kier alpha value is -1.52. The molecule has 19 heavy (non-hydrogen) atoms. The Morgan fingerprint density at radius 3 is 2.89 bits per heavy atom. The molecule has 1 unspecified atom stereocenters. The number of nitrogens with one attached hydrogen (secondary N) is 1. The molecule has 0 aliphatic carbocycles. The van der Waals surface area contributed by atoms with E-state index < -0.39 is 0 Å². The van der Waals surface area contributed by atoms with Gasteiger partial charge in [-0.05, 0) is 43.7 Å². The van der Waals surface area contributed by atoms with E-state index in [9.17, 15) is 0 Å². The smallest absolute Gasteiger partial charge is 0.165 e. The molecular weight excluding hydrogens is 262 g/mol. The van der Waals surface area contributed by atoms with Crippen molar-refractivity contribution in [3.63, 3.8) is 0 Å². The average Bonchev–Trinajstić information content (AvgIpc) is 3.05. The molecule has 2 heterocycles. The van der Waals surface area contributed by atoms with Gasteiger partial charge in [0.2, 0.25) is 0 Å². The molecule has 0 saturated carbocycles. The second-order valence-corrected chi connectivity index (χ2v) is 5.18. The van der Waals surface area contributed by atoms with Gasteiger partial charge in [0.1, 0.15) is 5.75 Å². The zero-order valence-corrected chi connectivity index (χ0v) is 11.3. The molecule has 1 atom stereocenters. The van der Waals surface area contributed by atoms with E-state index >= 15 is 0 Å². The lowest BCUT2D eigenvalue weighted by atomic mass is 10.2. The van der Waals surface area contributed by atoms with Crippen LogP contribution in [0.2, 0.25) is 5.02 Å². The fraction of sp³-hybridized carbons (Fsp3) is 0.357. The van der Waals surface area contributed by atoms with Gasteiger partial charge in [-0.2, -0.15) is 5.10 Å². The number of benzene rings is 1. The molecule has 1 aromatic carbocycles. The predicted octanol–water partition coefficient (Wildman–Crippen LogP) is 3.08. The van der Waals surface area contributed by atoms with Crippen LogP contribution in [0.4, 0.5) is 0 Å². The first-order valence-corrected chi connectivity index (χ1v) is 6.87. The van der Waals surface area contributed by atoms with Gasteiger partial charge in [-0.3, -0.25) is 4.68 Å². The number of halogens is 1. The van der Waals surface area contributed by atoms with Crippen molar-refractivity contribution < 1.29 is 4.74 Å². The van der Waals surface area contributed by atoms with Crippen molar-refractivity contribution in [3.05, 3.63) is 41.7 Å². The molecule has 0 spiro atoms. The van der Waals surface area contributed by atoms with E-state index in [1.54, 1.807) is 6.20 Å². The molecule has 1 aliphatic heterocycles. The lowest BCUT2D eigenvalue weighted by molar-refractivity contribution is 0.465. The summed E-state index contributed by atoms with van der Waals surface area (Å²) < 4.78 is 7.64. The molecule has 1 aliphatic rings. The van der Waals surface area contributed by atoms with Gasteiger partial charge in [0.25, 0.3) is 0 Å². The highest BCUT2D eigenvalue weighted by molar-refractivity contribution is 6.30. The number of rotatable bonds is 4. The van der Waals surface area contributed by atoms with E-state index in [0.717, 1.165) is 24.6 Å². The van der Waals surface area contributed by atoms with Crippen molar-refractivity contribution in [2.24, 2.45) is 0 Å². The number of ether oxygens (including phenoxy) is 1. The third-order valence-corrected chi connectivity index (χ3v) is 3.48. The third kappa shape index (κ3) is 3.28. The van der Waals surface area contributed by atoms with E-state index in [1.807, 2.05) is 35.1 Å². The lowest BCUT2D eigenvalue weighted by Gasteiger charge is -2.09. The summed E-state index contributed by atoms with van der Waals surface area (Å²) >= 11 is 5.83. The van der Waals surface area contributed by atoms with Crippen molar-refractivity contribution in [3.8, 4) is 11.5 Å². The largest absolute Gasteiger partial charge is 0.454 e. The standard InChI is InChI=1S/C14H16ClN3O/c15-11-3-5-13(6-4-11)19-14-8-17-18(10-14)9-12-2-1-7-16-12/h3-6,8,10,12,16H,1-2,7,9H2. The van der Waals surface area contributed by atoms with Gasteiger partial charge in [0.15, 0.2) is 5.75 Å². The Bertz CT molecular complexity index is 532. The summed E-state index contributed by atoms with van der Waals surface area (Å²) in [7, 11) is 0. The molecule has 4 nitrogen and oxygen atoms in total. The first-order valence-electron chi connectivity index (χ1n) is 6.49. The summed E-state index contributed by atoms with van der Waals surface area (Å²) in [5.74, 6) is 1.52. The molecule has 0 radical (unpaired) electrons.